The van der Waals surface area contributed by atoms with Crippen LogP contribution in [0, 0.1) is 11.8 Å². The van der Waals surface area contributed by atoms with Crippen molar-refractivity contribution in [3.63, 3.8) is 0 Å². The molecule has 0 aliphatic rings. The molecule has 0 spiro atoms. The summed E-state index contributed by atoms with van der Waals surface area (Å²) in [7, 11) is 0. The van der Waals surface area contributed by atoms with Crippen LogP contribution in [0.3, 0.4) is 0 Å². The second-order valence-electron chi connectivity index (χ2n) is 3.32. The van der Waals surface area contributed by atoms with Crippen molar-refractivity contribution < 1.29 is 0 Å². The molecule has 2 N–H and O–H groups in total. The molecule has 68 valence electrons. The van der Waals surface area contributed by atoms with Crippen molar-refractivity contribution >= 4 is 11.3 Å². The van der Waals surface area contributed by atoms with Gasteiger partial charge in [-0.15, -0.1) is 11.3 Å². The minimum absolute atomic E-state index is 0.592. The molecule has 1 rings (SSSR count). The van der Waals surface area contributed by atoms with E-state index in [4.69, 9.17) is 5.73 Å². The highest BCUT2D eigenvalue weighted by atomic mass is 32.1. The highest BCUT2D eigenvalue weighted by molar-refractivity contribution is 7.09. The Hall–Kier alpha value is -0.410. The number of thiazole rings is 1. The molecule has 0 bridgehead atoms. The highest BCUT2D eigenvalue weighted by Gasteiger charge is 2.11. The summed E-state index contributed by atoms with van der Waals surface area (Å²) < 4.78 is 0. The Labute approximate surface area is 77.8 Å². The molecule has 0 amide bonds. The minimum Gasteiger partial charge on any atom is -0.330 e. The van der Waals surface area contributed by atoms with Crippen molar-refractivity contribution in [2.45, 2.75) is 20.3 Å². The molecule has 1 heterocycles. The monoisotopic (exact) mass is 184 g/mol. The Balaban J connectivity index is 2.41. The van der Waals surface area contributed by atoms with E-state index in [1.165, 1.54) is 5.01 Å². The van der Waals surface area contributed by atoms with E-state index >= 15 is 0 Å². The first-order valence-corrected chi connectivity index (χ1v) is 5.20. The van der Waals surface area contributed by atoms with Gasteiger partial charge in [0.05, 0.1) is 5.01 Å². The summed E-state index contributed by atoms with van der Waals surface area (Å²) in [5.41, 5.74) is 5.58. The largest absolute Gasteiger partial charge is 0.330 e. The summed E-state index contributed by atoms with van der Waals surface area (Å²) >= 11 is 1.73. The molecule has 1 aromatic heterocycles. The van der Waals surface area contributed by atoms with Gasteiger partial charge < -0.3 is 5.73 Å². The summed E-state index contributed by atoms with van der Waals surface area (Å²) in [6.07, 6.45) is 2.93. The van der Waals surface area contributed by atoms with Gasteiger partial charge in [0.15, 0.2) is 0 Å². The van der Waals surface area contributed by atoms with Crippen LogP contribution in [0.25, 0.3) is 0 Å². The molecule has 0 aliphatic carbocycles. The Morgan fingerprint density at radius 1 is 1.50 bits per heavy atom. The Morgan fingerprint density at radius 3 is 2.75 bits per heavy atom. The van der Waals surface area contributed by atoms with Crippen molar-refractivity contribution in [2.75, 3.05) is 6.54 Å². The van der Waals surface area contributed by atoms with Crippen LogP contribution in [0.15, 0.2) is 11.6 Å². The molecule has 0 saturated carbocycles. The van der Waals surface area contributed by atoms with Gasteiger partial charge in [0, 0.05) is 18.0 Å². The SMILES string of the molecule is CC(CN)C(C)Cc1nccs1. The normalized spacial score (nSPS) is 15.9. The number of hydrogen-bond acceptors (Lipinski definition) is 3. The van der Waals surface area contributed by atoms with Crippen molar-refractivity contribution in [1.82, 2.24) is 4.98 Å². The number of rotatable bonds is 4. The molecule has 0 fully saturated rings. The Morgan fingerprint density at radius 2 is 2.25 bits per heavy atom. The van der Waals surface area contributed by atoms with E-state index in [0.29, 0.717) is 11.8 Å². The molecule has 0 aliphatic heterocycles. The number of nitrogens with two attached hydrogens (primary N) is 1. The third kappa shape index (κ3) is 2.57. The summed E-state index contributed by atoms with van der Waals surface area (Å²) in [6.45, 7) is 5.20. The van der Waals surface area contributed by atoms with Gasteiger partial charge in [-0.2, -0.15) is 0 Å². The summed E-state index contributed by atoms with van der Waals surface area (Å²) in [5.74, 6) is 1.23. The van der Waals surface area contributed by atoms with Gasteiger partial charge in [-0.25, -0.2) is 4.98 Å². The van der Waals surface area contributed by atoms with Gasteiger partial charge >= 0.3 is 0 Å². The van der Waals surface area contributed by atoms with Crippen LogP contribution in [-0.4, -0.2) is 11.5 Å². The van der Waals surface area contributed by atoms with Crippen molar-refractivity contribution in [2.24, 2.45) is 17.6 Å². The topological polar surface area (TPSA) is 38.9 Å². The van der Waals surface area contributed by atoms with Crippen LogP contribution in [0.2, 0.25) is 0 Å². The Kier molecular flexibility index (Phi) is 3.69. The zero-order valence-corrected chi connectivity index (χ0v) is 8.47. The minimum atomic E-state index is 0.592. The maximum absolute atomic E-state index is 5.58. The molecular weight excluding hydrogens is 168 g/mol. The van der Waals surface area contributed by atoms with Gasteiger partial charge in [-0.1, -0.05) is 13.8 Å². The molecule has 0 saturated heterocycles. The zero-order valence-electron chi connectivity index (χ0n) is 7.66. The fourth-order valence-corrected chi connectivity index (χ4v) is 1.82. The van der Waals surface area contributed by atoms with E-state index in [0.717, 1.165) is 13.0 Å². The van der Waals surface area contributed by atoms with E-state index in [9.17, 15) is 0 Å². The Bertz CT molecular complexity index is 208. The van der Waals surface area contributed by atoms with Crippen LogP contribution >= 0.6 is 11.3 Å². The lowest BCUT2D eigenvalue weighted by Crippen LogP contribution is -2.19. The molecule has 3 heteroatoms. The first-order valence-electron chi connectivity index (χ1n) is 4.32. The zero-order chi connectivity index (χ0) is 8.97. The average molecular weight is 184 g/mol. The second-order valence-corrected chi connectivity index (χ2v) is 4.30. The standard InChI is InChI=1S/C9H16N2S/c1-7(8(2)6-10)5-9-11-3-4-12-9/h3-4,7-8H,5-6,10H2,1-2H3. The lowest BCUT2D eigenvalue weighted by atomic mass is 9.93. The quantitative estimate of drug-likeness (QED) is 0.776. The predicted octanol–water partition coefficient (Wildman–Crippen LogP) is 1.92. The van der Waals surface area contributed by atoms with Gasteiger partial charge in [0.25, 0.3) is 0 Å². The first kappa shape index (κ1) is 9.68. The lowest BCUT2D eigenvalue weighted by molar-refractivity contribution is 0.394. The summed E-state index contributed by atoms with van der Waals surface area (Å²) in [5, 5.41) is 3.25. The van der Waals surface area contributed by atoms with Crippen LogP contribution in [0.5, 0.6) is 0 Å². The first-order chi connectivity index (χ1) is 5.74. The van der Waals surface area contributed by atoms with Crippen LogP contribution in [-0.2, 0) is 6.42 Å². The smallest absolute Gasteiger partial charge is 0.0927 e. The van der Waals surface area contributed by atoms with Crippen molar-refractivity contribution in [1.29, 1.82) is 0 Å². The van der Waals surface area contributed by atoms with E-state index in [-0.39, 0.29) is 0 Å². The van der Waals surface area contributed by atoms with Gasteiger partial charge in [0.2, 0.25) is 0 Å². The third-order valence-corrected chi connectivity index (χ3v) is 3.13. The van der Waals surface area contributed by atoms with Crippen LogP contribution in [0.4, 0.5) is 0 Å². The van der Waals surface area contributed by atoms with E-state index in [1.54, 1.807) is 11.3 Å². The van der Waals surface area contributed by atoms with E-state index < -0.39 is 0 Å². The van der Waals surface area contributed by atoms with Gasteiger partial charge in [0.1, 0.15) is 0 Å². The number of nitrogens with zero attached hydrogens (tertiary/aromatic N) is 1. The molecule has 2 nitrogen and oxygen atoms in total. The molecule has 12 heavy (non-hydrogen) atoms. The number of aromatic nitrogens is 1. The fraction of sp³-hybridized carbons (Fsp3) is 0.667. The van der Waals surface area contributed by atoms with Crippen LogP contribution < -0.4 is 5.73 Å². The lowest BCUT2D eigenvalue weighted by Gasteiger charge is -2.16. The average Bonchev–Trinajstić information content (AvgIpc) is 2.55. The maximum atomic E-state index is 5.58. The van der Waals surface area contributed by atoms with Crippen molar-refractivity contribution in [3.05, 3.63) is 16.6 Å². The summed E-state index contributed by atoms with van der Waals surface area (Å²) in [6, 6.07) is 0. The molecule has 0 radical (unpaired) electrons. The molecule has 0 aromatic carbocycles. The molecule has 2 unspecified atom stereocenters. The molecular formula is C9H16N2S. The summed E-state index contributed by atoms with van der Waals surface area (Å²) in [4.78, 5) is 4.25. The van der Waals surface area contributed by atoms with Crippen LogP contribution in [0.1, 0.15) is 18.9 Å². The van der Waals surface area contributed by atoms with E-state index in [1.807, 2.05) is 11.6 Å². The third-order valence-electron chi connectivity index (χ3n) is 2.32. The molecule has 1 aromatic rings. The van der Waals surface area contributed by atoms with Gasteiger partial charge in [-0.05, 0) is 18.4 Å². The number of hydrogen-bond donors (Lipinski definition) is 1. The second kappa shape index (κ2) is 4.58. The predicted molar refractivity (Wildman–Crippen MR) is 53.2 cm³/mol. The maximum Gasteiger partial charge on any atom is 0.0927 e. The molecule has 2 atom stereocenters. The van der Waals surface area contributed by atoms with Crippen molar-refractivity contribution in [3.8, 4) is 0 Å². The highest BCUT2D eigenvalue weighted by Crippen LogP contribution is 2.17. The van der Waals surface area contributed by atoms with Gasteiger partial charge in [-0.3, -0.25) is 0 Å². The fourth-order valence-electron chi connectivity index (χ4n) is 1.06. The van der Waals surface area contributed by atoms with E-state index in [2.05, 4.69) is 18.8 Å².